The van der Waals surface area contributed by atoms with Gasteiger partial charge in [0.25, 0.3) is 5.69 Å². The molecule has 34 heavy (non-hydrogen) atoms. The maximum atomic E-state index is 12.8. The average Bonchev–Trinajstić information content (AvgIpc) is 3.23. The fourth-order valence-corrected chi connectivity index (χ4v) is 4.47. The predicted octanol–water partition coefficient (Wildman–Crippen LogP) is 2.00. The van der Waals surface area contributed by atoms with Gasteiger partial charge in [-0.15, -0.1) is 0 Å². The first-order valence-corrected chi connectivity index (χ1v) is 11.2. The lowest BCUT2D eigenvalue weighted by molar-refractivity contribution is -0.384. The molecular formula is C23H25N5O6. The highest BCUT2D eigenvalue weighted by atomic mass is 16.6. The van der Waals surface area contributed by atoms with Crippen molar-refractivity contribution in [1.82, 2.24) is 10.2 Å². The molecule has 1 atom stereocenters. The number of amides is 3. The van der Waals surface area contributed by atoms with Crippen LogP contribution in [0.3, 0.4) is 0 Å². The van der Waals surface area contributed by atoms with E-state index in [-0.39, 0.29) is 30.1 Å². The Hall–Kier alpha value is -4.02. The lowest BCUT2D eigenvalue weighted by Crippen LogP contribution is -2.53. The van der Waals surface area contributed by atoms with Crippen LogP contribution in [-0.2, 0) is 4.79 Å². The van der Waals surface area contributed by atoms with Gasteiger partial charge in [0.05, 0.1) is 11.0 Å². The van der Waals surface area contributed by atoms with Gasteiger partial charge >= 0.3 is 6.03 Å². The van der Waals surface area contributed by atoms with Gasteiger partial charge in [-0.25, -0.2) is 4.79 Å². The molecule has 11 nitrogen and oxygen atoms in total. The molecule has 0 radical (unpaired) electrons. The van der Waals surface area contributed by atoms with E-state index in [0.717, 1.165) is 11.4 Å². The molecular weight excluding hydrogens is 442 g/mol. The fourth-order valence-electron chi connectivity index (χ4n) is 4.47. The minimum atomic E-state index is -0.422. The maximum Gasteiger partial charge on any atom is 0.317 e. The van der Waals surface area contributed by atoms with E-state index in [0.29, 0.717) is 57.4 Å². The fraction of sp³-hybridized carbons (Fsp3) is 0.391. The number of non-ortho nitro benzene ring substituents is 1. The summed E-state index contributed by atoms with van der Waals surface area (Å²) in [5.74, 6) is 1.24. The molecule has 0 bridgehead atoms. The molecule has 0 saturated carbocycles. The molecule has 0 aromatic heterocycles. The Kier molecular flexibility index (Phi) is 5.83. The second-order valence-electron chi connectivity index (χ2n) is 8.43. The highest BCUT2D eigenvalue weighted by molar-refractivity contribution is 5.97. The van der Waals surface area contributed by atoms with E-state index >= 15 is 0 Å². The summed E-state index contributed by atoms with van der Waals surface area (Å²) in [7, 11) is 0. The van der Waals surface area contributed by atoms with Crippen LogP contribution in [0.25, 0.3) is 0 Å². The number of anilines is 2. The van der Waals surface area contributed by atoms with Crippen molar-refractivity contribution in [3.8, 4) is 11.5 Å². The van der Waals surface area contributed by atoms with E-state index in [2.05, 4.69) is 10.2 Å². The normalized spacial score (nSPS) is 19.8. The number of carbonyl (C=O) groups is 2. The first-order valence-electron chi connectivity index (χ1n) is 11.2. The van der Waals surface area contributed by atoms with Crippen LogP contribution in [-0.4, -0.2) is 73.7 Å². The van der Waals surface area contributed by atoms with Gasteiger partial charge in [0, 0.05) is 68.7 Å². The molecule has 3 aliphatic heterocycles. The van der Waals surface area contributed by atoms with Crippen LogP contribution in [0, 0.1) is 10.1 Å². The third kappa shape index (κ3) is 4.41. The number of piperazine rings is 1. The van der Waals surface area contributed by atoms with Crippen molar-refractivity contribution in [3.05, 3.63) is 52.6 Å². The third-order valence-electron chi connectivity index (χ3n) is 6.28. The SMILES string of the molecule is O=C(N[C@H]1CC(=O)N(c2ccc3c(c2)OCCO3)C1)N1CCN(c2ccc([N+](=O)[O-])cc2)CC1. The van der Waals surface area contributed by atoms with Crippen LogP contribution in [0.15, 0.2) is 42.5 Å². The lowest BCUT2D eigenvalue weighted by atomic mass is 10.2. The van der Waals surface area contributed by atoms with Crippen LogP contribution in [0.4, 0.5) is 21.9 Å². The highest BCUT2D eigenvalue weighted by Gasteiger charge is 2.33. The number of fused-ring (bicyclic) bond motifs is 1. The van der Waals surface area contributed by atoms with Gasteiger partial charge in [-0.3, -0.25) is 14.9 Å². The Balaban J connectivity index is 1.14. The Morgan fingerprint density at radius 3 is 2.35 bits per heavy atom. The Labute approximate surface area is 196 Å². The van der Waals surface area contributed by atoms with Crippen molar-refractivity contribution in [3.63, 3.8) is 0 Å². The van der Waals surface area contributed by atoms with Crippen molar-refractivity contribution in [2.24, 2.45) is 0 Å². The standard InChI is InChI=1S/C23H25N5O6/c29-22-13-16(15-27(22)19-5-6-20-21(14-19)34-12-11-33-20)24-23(30)26-9-7-25(8-10-26)17-1-3-18(4-2-17)28(31)32/h1-6,14,16H,7-13,15H2,(H,24,30)/t16-/m0/s1. The molecule has 2 aromatic carbocycles. The first kappa shape index (κ1) is 21.8. The van der Waals surface area contributed by atoms with Crippen molar-refractivity contribution in [2.45, 2.75) is 12.5 Å². The largest absolute Gasteiger partial charge is 0.486 e. The molecule has 0 spiro atoms. The van der Waals surface area contributed by atoms with E-state index in [9.17, 15) is 19.7 Å². The van der Waals surface area contributed by atoms with Crippen LogP contribution < -0.4 is 24.6 Å². The molecule has 1 N–H and O–H groups in total. The average molecular weight is 467 g/mol. The van der Waals surface area contributed by atoms with E-state index < -0.39 is 4.92 Å². The molecule has 0 aliphatic carbocycles. The molecule has 0 unspecified atom stereocenters. The number of urea groups is 1. The number of nitro benzene ring substituents is 1. The number of carbonyl (C=O) groups excluding carboxylic acids is 2. The molecule has 2 saturated heterocycles. The molecule has 3 amide bonds. The molecule has 11 heteroatoms. The summed E-state index contributed by atoms with van der Waals surface area (Å²) in [5, 5.41) is 13.8. The Morgan fingerprint density at radius 1 is 0.971 bits per heavy atom. The highest BCUT2D eigenvalue weighted by Crippen LogP contribution is 2.35. The number of nitro groups is 1. The van der Waals surface area contributed by atoms with Crippen LogP contribution in [0.1, 0.15) is 6.42 Å². The molecule has 178 valence electrons. The third-order valence-corrected chi connectivity index (χ3v) is 6.28. The van der Waals surface area contributed by atoms with Crippen LogP contribution in [0.2, 0.25) is 0 Å². The van der Waals surface area contributed by atoms with E-state index in [4.69, 9.17) is 9.47 Å². The van der Waals surface area contributed by atoms with Crippen LogP contribution in [0.5, 0.6) is 11.5 Å². The summed E-state index contributed by atoms with van der Waals surface area (Å²) < 4.78 is 11.2. The number of hydrogen-bond acceptors (Lipinski definition) is 7. The molecule has 2 fully saturated rings. The molecule has 3 heterocycles. The van der Waals surface area contributed by atoms with Crippen molar-refractivity contribution in [1.29, 1.82) is 0 Å². The topological polar surface area (TPSA) is 117 Å². The van der Waals surface area contributed by atoms with Crippen molar-refractivity contribution >= 4 is 29.0 Å². The number of ether oxygens (including phenoxy) is 2. The zero-order valence-corrected chi connectivity index (χ0v) is 18.5. The smallest absolute Gasteiger partial charge is 0.317 e. The Bertz CT molecular complexity index is 1100. The number of hydrogen-bond donors (Lipinski definition) is 1. The van der Waals surface area contributed by atoms with E-state index in [1.165, 1.54) is 12.1 Å². The summed E-state index contributed by atoms with van der Waals surface area (Å²) in [6.07, 6.45) is 0.239. The number of benzene rings is 2. The van der Waals surface area contributed by atoms with Gasteiger partial charge in [0.2, 0.25) is 5.91 Å². The Morgan fingerprint density at radius 2 is 1.65 bits per heavy atom. The predicted molar refractivity (Wildman–Crippen MR) is 124 cm³/mol. The second kappa shape index (κ2) is 9.08. The summed E-state index contributed by atoms with van der Waals surface area (Å²) in [6, 6.07) is 11.4. The van der Waals surface area contributed by atoms with Gasteiger partial charge < -0.3 is 29.5 Å². The quantitative estimate of drug-likeness (QED) is 0.540. The molecule has 3 aliphatic rings. The monoisotopic (exact) mass is 467 g/mol. The summed E-state index contributed by atoms with van der Waals surface area (Å²) in [4.78, 5) is 41.3. The van der Waals surface area contributed by atoms with Gasteiger partial charge in [0.1, 0.15) is 13.2 Å². The minimum absolute atomic E-state index is 0.0510. The van der Waals surface area contributed by atoms with Gasteiger partial charge in [0.15, 0.2) is 11.5 Å². The number of rotatable bonds is 4. The van der Waals surface area contributed by atoms with E-state index in [1.54, 1.807) is 34.1 Å². The maximum absolute atomic E-state index is 12.8. The van der Waals surface area contributed by atoms with Gasteiger partial charge in [-0.1, -0.05) is 0 Å². The minimum Gasteiger partial charge on any atom is -0.486 e. The summed E-state index contributed by atoms with van der Waals surface area (Å²) >= 11 is 0. The molecule has 2 aromatic rings. The number of nitrogens with one attached hydrogen (secondary N) is 1. The van der Waals surface area contributed by atoms with Gasteiger partial charge in [-0.05, 0) is 24.3 Å². The summed E-state index contributed by atoms with van der Waals surface area (Å²) in [5.41, 5.74) is 1.67. The number of nitrogens with zero attached hydrogens (tertiary/aromatic N) is 4. The molecule has 5 rings (SSSR count). The van der Waals surface area contributed by atoms with Crippen molar-refractivity contribution in [2.75, 3.05) is 55.7 Å². The summed E-state index contributed by atoms with van der Waals surface area (Å²) in [6.45, 7) is 3.67. The zero-order valence-electron chi connectivity index (χ0n) is 18.5. The second-order valence-corrected chi connectivity index (χ2v) is 8.43. The van der Waals surface area contributed by atoms with Crippen LogP contribution >= 0.6 is 0 Å². The zero-order chi connectivity index (χ0) is 23.7. The van der Waals surface area contributed by atoms with Crippen molar-refractivity contribution < 1.29 is 24.0 Å². The lowest BCUT2D eigenvalue weighted by Gasteiger charge is -2.36. The first-order chi connectivity index (χ1) is 16.5. The van der Waals surface area contributed by atoms with Gasteiger partial charge in [-0.2, -0.15) is 0 Å². The van der Waals surface area contributed by atoms with E-state index in [1.807, 2.05) is 6.07 Å².